The predicted octanol–water partition coefficient (Wildman–Crippen LogP) is 2.20. The van der Waals surface area contributed by atoms with Crippen LogP contribution in [-0.4, -0.2) is 21.4 Å². The average Bonchev–Trinajstić information content (AvgIpc) is 2.97. The fourth-order valence-corrected chi connectivity index (χ4v) is 4.09. The van der Waals surface area contributed by atoms with Gasteiger partial charge in [0.2, 0.25) is 10.0 Å². The molecule has 1 heterocycles. The summed E-state index contributed by atoms with van der Waals surface area (Å²) in [6, 6.07) is 8.83. The second-order valence-corrected chi connectivity index (χ2v) is 8.14. The molecule has 22 heavy (non-hydrogen) atoms. The van der Waals surface area contributed by atoms with Crippen molar-refractivity contribution in [2.75, 3.05) is 7.05 Å². The molecule has 0 saturated carbocycles. The molecular weight excluding hydrogens is 320 g/mol. The fraction of sp³-hybridized carbons (Fsp3) is 0.267. The molecule has 0 aliphatic carbocycles. The highest BCUT2D eigenvalue weighted by molar-refractivity contribution is 7.91. The third kappa shape index (κ3) is 3.55. The van der Waals surface area contributed by atoms with Gasteiger partial charge in [-0.15, -0.1) is 11.3 Å². The largest absolute Gasteiger partial charge is 0.347 e. The number of sulfonamides is 1. The molecule has 0 radical (unpaired) electrons. The quantitative estimate of drug-likeness (QED) is 0.877. The topological polar surface area (TPSA) is 75.3 Å². The lowest BCUT2D eigenvalue weighted by Gasteiger charge is -2.08. The van der Waals surface area contributed by atoms with E-state index in [9.17, 15) is 13.2 Å². The maximum absolute atomic E-state index is 12.2. The van der Waals surface area contributed by atoms with Crippen molar-refractivity contribution in [1.82, 2.24) is 10.0 Å². The third-order valence-electron chi connectivity index (χ3n) is 3.44. The van der Waals surface area contributed by atoms with Gasteiger partial charge < -0.3 is 5.32 Å². The number of carbonyl (C=O) groups excluding carboxylic acids is 1. The molecule has 7 heteroatoms. The first-order valence-corrected chi connectivity index (χ1v) is 9.02. The molecule has 0 spiro atoms. The van der Waals surface area contributed by atoms with Crippen LogP contribution in [0.25, 0.3) is 0 Å². The van der Waals surface area contributed by atoms with Crippen LogP contribution in [0.5, 0.6) is 0 Å². The Kier molecular flexibility index (Phi) is 5.00. The Labute approximate surface area is 134 Å². The van der Waals surface area contributed by atoms with Crippen molar-refractivity contribution in [2.45, 2.75) is 24.6 Å². The van der Waals surface area contributed by atoms with E-state index >= 15 is 0 Å². The first-order valence-electron chi connectivity index (χ1n) is 6.72. The predicted molar refractivity (Wildman–Crippen MR) is 87.7 cm³/mol. The summed E-state index contributed by atoms with van der Waals surface area (Å²) in [4.78, 5) is 13.0. The van der Waals surface area contributed by atoms with Crippen molar-refractivity contribution < 1.29 is 13.2 Å². The van der Waals surface area contributed by atoms with Crippen molar-refractivity contribution in [3.8, 4) is 0 Å². The molecule has 1 aromatic carbocycles. The zero-order valence-corrected chi connectivity index (χ0v) is 14.3. The van der Waals surface area contributed by atoms with E-state index in [1.165, 1.54) is 13.1 Å². The fourth-order valence-electron chi connectivity index (χ4n) is 1.96. The molecule has 0 aliphatic rings. The van der Waals surface area contributed by atoms with Gasteiger partial charge in [0.25, 0.3) is 5.91 Å². The van der Waals surface area contributed by atoms with Crippen molar-refractivity contribution in [3.63, 3.8) is 0 Å². The number of amides is 1. The Morgan fingerprint density at radius 3 is 2.59 bits per heavy atom. The van der Waals surface area contributed by atoms with Crippen LogP contribution < -0.4 is 10.0 Å². The van der Waals surface area contributed by atoms with E-state index < -0.39 is 10.0 Å². The monoisotopic (exact) mass is 338 g/mol. The number of thiophene rings is 1. The van der Waals surface area contributed by atoms with Crippen LogP contribution in [-0.2, 0) is 16.6 Å². The summed E-state index contributed by atoms with van der Waals surface area (Å²) in [6.07, 6.45) is 0. The zero-order valence-electron chi connectivity index (χ0n) is 12.6. The lowest BCUT2D eigenvalue weighted by Crippen LogP contribution is -2.23. The van der Waals surface area contributed by atoms with E-state index in [0.29, 0.717) is 12.1 Å². The number of rotatable bonds is 5. The van der Waals surface area contributed by atoms with E-state index in [2.05, 4.69) is 10.0 Å². The van der Waals surface area contributed by atoms with Crippen LogP contribution in [0.1, 0.15) is 26.4 Å². The molecule has 2 N–H and O–H groups in total. The SMILES string of the molecule is CNS(=O)(=O)c1ccc(CNC(=O)c2cccc(C)c2C)s1. The summed E-state index contributed by atoms with van der Waals surface area (Å²) < 4.78 is 25.8. The molecule has 5 nitrogen and oxygen atoms in total. The molecule has 0 bridgehead atoms. The summed E-state index contributed by atoms with van der Waals surface area (Å²) in [7, 11) is -2.05. The van der Waals surface area contributed by atoms with E-state index in [4.69, 9.17) is 0 Å². The summed E-state index contributed by atoms with van der Waals surface area (Å²) >= 11 is 1.14. The lowest BCUT2D eigenvalue weighted by molar-refractivity contribution is 0.0950. The van der Waals surface area contributed by atoms with Gasteiger partial charge in [0.05, 0.1) is 6.54 Å². The molecule has 1 aromatic heterocycles. The Balaban J connectivity index is 2.08. The highest BCUT2D eigenvalue weighted by Crippen LogP contribution is 2.21. The van der Waals surface area contributed by atoms with Crippen LogP contribution in [0.15, 0.2) is 34.5 Å². The molecule has 2 rings (SSSR count). The maximum Gasteiger partial charge on any atom is 0.251 e. The Morgan fingerprint density at radius 2 is 1.91 bits per heavy atom. The van der Waals surface area contributed by atoms with Crippen molar-refractivity contribution in [1.29, 1.82) is 0 Å². The number of aryl methyl sites for hydroxylation is 1. The first-order chi connectivity index (χ1) is 10.3. The molecule has 2 aromatic rings. The van der Waals surface area contributed by atoms with Gasteiger partial charge in [-0.25, -0.2) is 13.1 Å². The van der Waals surface area contributed by atoms with E-state index in [1.807, 2.05) is 26.0 Å². The van der Waals surface area contributed by atoms with Gasteiger partial charge in [0, 0.05) is 10.4 Å². The number of hydrogen-bond donors (Lipinski definition) is 2. The highest BCUT2D eigenvalue weighted by Gasteiger charge is 2.15. The van der Waals surface area contributed by atoms with Crippen LogP contribution in [0.3, 0.4) is 0 Å². The minimum atomic E-state index is -3.42. The summed E-state index contributed by atoms with van der Waals surface area (Å²) in [5.41, 5.74) is 2.65. The van der Waals surface area contributed by atoms with Gasteiger partial charge in [-0.3, -0.25) is 4.79 Å². The number of benzene rings is 1. The van der Waals surface area contributed by atoms with Crippen molar-refractivity contribution in [2.24, 2.45) is 0 Å². The Hall–Kier alpha value is -1.70. The van der Waals surface area contributed by atoms with Gasteiger partial charge in [-0.05, 0) is 50.2 Å². The molecule has 0 aliphatic heterocycles. The second kappa shape index (κ2) is 6.60. The summed E-state index contributed by atoms with van der Waals surface area (Å²) in [6.45, 7) is 4.17. The van der Waals surface area contributed by atoms with Crippen molar-refractivity contribution in [3.05, 3.63) is 51.9 Å². The smallest absolute Gasteiger partial charge is 0.251 e. The standard InChI is InChI=1S/C15H18N2O3S2/c1-10-5-4-6-13(11(10)2)15(18)17-9-12-7-8-14(21-12)22(19,20)16-3/h4-8,16H,9H2,1-3H3,(H,17,18). The molecule has 0 saturated heterocycles. The zero-order chi connectivity index (χ0) is 16.3. The third-order valence-corrected chi connectivity index (χ3v) is 6.43. The number of carbonyl (C=O) groups is 1. The average molecular weight is 338 g/mol. The Morgan fingerprint density at radius 1 is 1.18 bits per heavy atom. The lowest BCUT2D eigenvalue weighted by atomic mass is 10.0. The molecule has 0 fully saturated rings. The molecule has 1 amide bonds. The van der Waals surface area contributed by atoms with Crippen LogP contribution in [0.2, 0.25) is 0 Å². The minimum Gasteiger partial charge on any atom is -0.347 e. The van der Waals surface area contributed by atoms with Gasteiger partial charge >= 0.3 is 0 Å². The van der Waals surface area contributed by atoms with Gasteiger partial charge in [0.1, 0.15) is 4.21 Å². The Bertz CT molecular complexity index is 795. The van der Waals surface area contributed by atoms with Crippen LogP contribution >= 0.6 is 11.3 Å². The van der Waals surface area contributed by atoms with E-state index in [0.717, 1.165) is 27.3 Å². The molecule has 0 unspecified atom stereocenters. The maximum atomic E-state index is 12.2. The molecule has 118 valence electrons. The second-order valence-electron chi connectivity index (χ2n) is 4.86. The number of nitrogens with one attached hydrogen (secondary N) is 2. The first kappa shape index (κ1) is 16.7. The van der Waals surface area contributed by atoms with Crippen LogP contribution in [0.4, 0.5) is 0 Å². The molecule has 0 atom stereocenters. The summed E-state index contributed by atoms with van der Waals surface area (Å²) in [5.74, 6) is -0.160. The summed E-state index contributed by atoms with van der Waals surface area (Å²) in [5, 5.41) is 2.82. The van der Waals surface area contributed by atoms with Crippen LogP contribution in [0, 0.1) is 13.8 Å². The normalized spacial score (nSPS) is 11.4. The minimum absolute atomic E-state index is 0.160. The van der Waals surface area contributed by atoms with Crippen molar-refractivity contribution >= 4 is 27.3 Å². The van der Waals surface area contributed by atoms with E-state index in [-0.39, 0.29) is 10.1 Å². The van der Waals surface area contributed by atoms with Gasteiger partial charge in [-0.1, -0.05) is 12.1 Å². The van der Waals surface area contributed by atoms with Gasteiger partial charge in [-0.2, -0.15) is 0 Å². The molecular formula is C15H18N2O3S2. The number of hydrogen-bond acceptors (Lipinski definition) is 4. The van der Waals surface area contributed by atoms with E-state index in [1.54, 1.807) is 12.1 Å². The van der Waals surface area contributed by atoms with Gasteiger partial charge in [0.15, 0.2) is 0 Å². The highest BCUT2D eigenvalue weighted by atomic mass is 32.2.